The first-order chi connectivity index (χ1) is 8.82. The molecule has 0 aliphatic heterocycles. The fourth-order valence-corrected chi connectivity index (χ4v) is 3.50. The number of carbonyl (C=O) groups excluding carboxylic acids is 1. The summed E-state index contributed by atoms with van der Waals surface area (Å²) in [7, 11) is 0. The minimum absolute atomic E-state index is 0.0628. The Kier molecular flexibility index (Phi) is 3.80. The van der Waals surface area contributed by atoms with E-state index in [1.54, 1.807) is 6.07 Å². The van der Waals surface area contributed by atoms with Gasteiger partial charge in [-0.05, 0) is 54.4 Å². The maximum absolute atomic E-state index is 13.2. The Morgan fingerprint density at radius 2 is 1.95 bits per heavy atom. The highest BCUT2D eigenvalue weighted by molar-refractivity contribution is 5.83. The Morgan fingerprint density at radius 3 is 2.53 bits per heavy atom. The Balaban J connectivity index is 2.33. The number of halogens is 1. The predicted molar refractivity (Wildman–Crippen MR) is 75.7 cm³/mol. The van der Waals surface area contributed by atoms with Crippen LogP contribution in [-0.4, -0.2) is 5.78 Å². The van der Waals surface area contributed by atoms with E-state index in [0.717, 1.165) is 24.0 Å². The number of benzene rings is 1. The summed E-state index contributed by atoms with van der Waals surface area (Å²) < 4.78 is 13.2. The maximum Gasteiger partial charge on any atom is 0.137 e. The highest BCUT2D eigenvalue weighted by Gasteiger charge is 2.39. The lowest BCUT2D eigenvalue weighted by Gasteiger charge is -2.38. The first-order valence-corrected chi connectivity index (χ1v) is 7.11. The molecular formula is C17H23FO. The summed E-state index contributed by atoms with van der Waals surface area (Å²) in [6, 6.07) is 4.91. The monoisotopic (exact) mass is 262 g/mol. The smallest absolute Gasteiger partial charge is 0.137 e. The molecule has 0 aromatic heterocycles. The van der Waals surface area contributed by atoms with Gasteiger partial charge in [0, 0.05) is 12.3 Å². The number of aryl methyl sites for hydroxylation is 1. The van der Waals surface area contributed by atoms with Crippen molar-refractivity contribution >= 4 is 5.78 Å². The number of hydrogen-bond acceptors (Lipinski definition) is 1. The zero-order valence-corrected chi connectivity index (χ0v) is 12.3. The zero-order valence-electron chi connectivity index (χ0n) is 12.3. The summed E-state index contributed by atoms with van der Waals surface area (Å²) in [5.41, 5.74) is 1.83. The molecule has 0 spiro atoms. The molecule has 2 heteroatoms. The number of hydrogen-bond donors (Lipinski definition) is 0. The van der Waals surface area contributed by atoms with Gasteiger partial charge < -0.3 is 0 Å². The molecule has 19 heavy (non-hydrogen) atoms. The molecule has 1 aliphatic rings. The normalized spacial score (nSPS) is 24.6. The summed E-state index contributed by atoms with van der Waals surface area (Å²) >= 11 is 0. The third kappa shape index (κ3) is 2.72. The van der Waals surface area contributed by atoms with Crippen molar-refractivity contribution in [2.24, 2.45) is 11.8 Å². The molecule has 1 nitrogen and oxygen atoms in total. The van der Waals surface area contributed by atoms with Crippen LogP contribution in [0.4, 0.5) is 4.39 Å². The van der Waals surface area contributed by atoms with E-state index in [1.807, 2.05) is 13.0 Å². The van der Waals surface area contributed by atoms with Crippen molar-refractivity contribution in [2.45, 2.75) is 52.4 Å². The first-order valence-electron chi connectivity index (χ1n) is 7.11. The maximum atomic E-state index is 13.2. The van der Waals surface area contributed by atoms with Gasteiger partial charge in [0.05, 0.1) is 0 Å². The molecule has 0 radical (unpaired) electrons. The summed E-state index contributed by atoms with van der Waals surface area (Å²) in [4.78, 5) is 12.3. The van der Waals surface area contributed by atoms with Gasteiger partial charge in [0.25, 0.3) is 0 Å². The summed E-state index contributed by atoms with van der Waals surface area (Å²) in [5.74, 6) is 0.731. The van der Waals surface area contributed by atoms with Gasteiger partial charge >= 0.3 is 0 Å². The lowest BCUT2D eigenvalue weighted by atomic mass is 9.64. The molecule has 2 unspecified atom stereocenters. The van der Waals surface area contributed by atoms with Gasteiger partial charge in [0.15, 0.2) is 0 Å². The molecule has 0 saturated heterocycles. The highest BCUT2D eigenvalue weighted by Crippen LogP contribution is 2.41. The summed E-state index contributed by atoms with van der Waals surface area (Å²) in [6.45, 7) is 8.30. The van der Waals surface area contributed by atoms with Crippen molar-refractivity contribution < 1.29 is 9.18 Å². The average Bonchev–Trinajstić information content (AvgIpc) is 2.27. The van der Waals surface area contributed by atoms with Crippen molar-refractivity contribution in [3.63, 3.8) is 0 Å². The molecule has 0 amide bonds. The molecule has 1 aliphatic carbocycles. The quantitative estimate of drug-likeness (QED) is 0.771. The van der Waals surface area contributed by atoms with E-state index in [4.69, 9.17) is 0 Å². The van der Waals surface area contributed by atoms with Crippen molar-refractivity contribution in [1.29, 1.82) is 0 Å². The SMILES string of the molecule is Cc1cc(F)ccc1C(C)(C)C1CCC(C)CC1=O. The zero-order chi connectivity index (χ0) is 14.2. The minimum atomic E-state index is -0.213. The van der Waals surface area contributed by atoms with Gasteiger partial charge in [-0.2, -0.15) is 0 Å². The van der Waals surface area contributed by atoms with Crippen molar-refractivity contribution in [2.75, 3.05) is 0 Å². The molecule has 1 aromatic carbocycles. The van der Waals surface area contributed by atoms with Gasteiger partial charge in [-0.3, -0.25) is 4.79 Å². The highest BCUT2D eigenvalue weighted by atomic mass is 19.1. The Bertz CT molecular complexity index is 490. The lowest BCUT2D eigenvalue weighted by Crippen LogP contribution is -2.38. The Hall–Kier alpha value is -1.18. The van der Waals surface area contributed by atoms with E-state index in [0.29, 0.717) is 18.1 Å². The van der Waals surface area contributed by atoms with Crippen molar-refractivity contribution in [1.82, 2.24) is 0 Å². The van der Waals surface area contributed by atoms with Crippen molar-refractivity contribution in [3.8, 4) is 0 Å². The second kappa shape index (κ2) is 5.07. The fraction of sp³-hybridized carbons (Fsp3) is 0.588. The van der Waals surface area contributed by atoms with E-state index in [-0.39, 0.29) is 17.2 Å². The third-order valence-corrected chi connectivity index (χ3v) is 4.64. The van der Waals surface area contributed by atoms with Crippen LogP contribution in [0.25, 0.3) is 0 Å². The van der Waals surface area contributed by atoms with E-state index in [2.05, 4.69) is 20.8 Å². The van der Waals surface area contributed by atoms with Crippen LogP contribution in [0.5, 0.6) is 0 Å². The fourth-order valence-electron chi connectivity index (χ4n) is 3.50. The molecule has 1 saturated carbocycles. The van der Waals surface area contributed by atoms with Crippen LogP contribution in [0.3, 0.4) is 0 Å². The minimum Gasteiger partial charge on any atom is -0.299 e. The average molecular weight is 262 g/mol. The van der Waals surface area contributed by atoms with E-state index in [1.165, 1.54) is 6.07 Å². The second-order valence-electron chi connectivity index (χ2n) is 6.59. The molecule has 1 aromatic rings. The predicted octanol–water partition coefficient (Wildman–Crippen LogP) is 4.42. The topological polar surface area (TPSA) is 17.1 Å². The number of carbonyl (C=O) groups is 1. The van der Waals surface area contributed by atoms with E-state index >= 15 is 0 Å². The van der Waals surface area contributed by atoms with Gasteiger partial charge in [-0.25, -0.2) is 4.39 Å². The van der Waals surface area contributed by atoms with Crippen molar-refractivity contribution in [3.05, 3.63) is 35.1 Å². The first kappa shape index (κ1) is 14.2. The molecule has 2 rings (SSSR count). The van der Waals surface area contributed by atoms with Crippen LogP contribution < -0.4 is 0 Å². The lowest BCUT2D eigenvalue weighted by molar-refractivity contribution is -0.128. The van der Waals surface area contributed by atoms with Gasteiger partial charge in [0.1, 0.15) is 11.6 Å². The molecule has 104 valence electrons. The number of rotatable bonds is 2. The summed E-state index contributed by atoms with van der Waals surface area (Å²) in [6.07, 6.45) is 2.75. The molecular weight excluding hydrogens is 239 g/mol. The Morgan fingerprint density at radius 1 is 1.26 bits per heavy atom. The standard InChI is InChI=1S/C17H23FO/c1-11-5-7-15(16(19)9-11)17(3,4)14-8-6-13(18)10-12(14)2/h6,8,10-11,15H,5,7,9H2,1-4H3. The molecule has 0 heterocycles. The molecule has 0 N–H and O–H groups in total. The van der Waals surface area contributed by atoms with Crippen LogP contribution in [0.2, 0.25) is 0 Å². The van der Waals surface area contributed by atoms with Crippen LogP contribution >= 0.6 is 0 Å². The van der Waals surface area contributed by atoms with Crippen LogP contribution in [0, 0.1) is 24.6 Å². The molecule has 2 atom stereocenters. The largest absolute Gasteiger partial charge is 0.299 e. The summed E-state index contributed by atoms with van der Waals surface area (Å²) in [5, 5.41) is 0. The Labute approximate surface area is 115 Å². The van der Waals surface area contributed by atoms with Gasteiger partial charge in [-0.1, -0.05) is 26.8 Å². The molecule has 1 fully saturated rings. The molecule has 0 bridgehead atoms. The van der Waals surface area contributed by atoms with Crippen LogP contribution in [0.1, 0.15) is 51.2 Å². The number of Topliss-reactive ketones (excluding diaryl/α,β-unsaturated/α-hetero) is 1. The second-order valence-corrected chi connectivity index (χ2v) is 6.59. The third-order valence-electron chi connectivity index (χ3n) is 4.64. The number of ketones is 1. The van der Waals surface area contributed by atoms with Crippen LogP contribution in [0.15, 0.2) is 18.2 Å². The van der Waals surface area contributed by atoms with Gasteiger partial charge in [-0.15, -0.1) is 0 Å². The van der Waals surface area contributed by atoms with Crippen LogP contribution in [-0.2, 0) is 10.2 Å². The van der Waals surface area contributed by atoms with E-state index < -0.39 is 0 Å². The van der Waals surface area contributed by atoms with E-state index in [9.17, 15) is 9.18 Å². The van der Waals surface area contributed by atoms with Gasteiger partial charge in [0.2, 0.25) is 0 Å².